The summed E-state index contributed by atoms with van der Waals surface area (Å²) in [6, 6.07) is 10.4. The Bertz CT molecular complexity index is 1010. The van der Waals surface area contributed by atoms with Crippen molar-refractivity contribution in [2.45, 2.75) is 63.8 Å². The largest absolute Gasteiger partial charge is 0.325 e. The number of nitrogens with one attached hydrogen (secondary N) is 1. The van der Waals surface area contributed by atoms with E-state index in [-0.39, 0.29) is 18.5 Å². The average Bonchev–Trinajstić information content (AvgIpc) is 2.65. The molecule has 0 heterocycles. The zero-order valence-electron chi connectivity index (χ0n) is 17.7. The zero-order chi connectivity index (χ0) is 21.9. The molecule has 30 heavy (non-hydrogen) atoms. The number of nitrogens with zero attached hydrogens (tertiary/aromatic N) is 1. The molecular weight excluding hydrogens is 420 g/mol. The molecule has 0 saturated heterocycles. The van der Waals surface area contributed by atoms with E-state index in [4.69, 9.17) is 11.6 Å². The van der Waals surface area contributed by atoms with Crippen LogP contribution in [0.1, 0.15) is 48.8 Å². The molecule has 0 unspecified atom stereocenters. The number of rotatable bonds is 6. The lowest BCUT2D eigenvalue weighted by Gasteiger charge is -2.33. The summed E-state index contributed by atoms with van der Waals surface area (Å²) in [6.45, 7) is 5.37. The van der Waals surface area contributed by atoms with Crippen LogP contribution in [0.4, 0.5) is 5.69 Å². The van der Waals surface area contributed by atoms with Gasteiger partial charge in [-0.3, -0.25) is 4.79 Å². The van der Waals surface area contributed by atoms with Crippen LogP contribution in [0.2, 0.25) is 5.02 Å². The molecule has 0 bridgehead atoms. The maximum absolute atomic E-state index is 13.8. The normalized spacial score (nSPS) is 15.4. The van der Waals surface area contributed by atoms with Crippen LogP contribution in [-0.2, 0) is 14.8 Å². The standard InChI is InChI=1S/C23H29ClN2O3S/c1-16-12-17(2)23(18(3)13-16)30(28,29)26(21-10-5-4-6-11-21)15-22(27)25-20-9-7-8-19(24)14-20/h7-9,12-14,21H,4-6,10-11,15H2,1-3H3,(H,25,27). The Hall–Kier alpha value is -1.89. The number of hydrogen-bond acceptors (Lipinski definition) is 3. The maximum Gasteiger partial charge on any atom is 0.244 e. The molecule has 1 aliphatic rings. The first kappa shape index (κ1) is 22.8. The van der Waals surface area contributed by atoms with Gasteiger partial charge in [-0.1, -0.05) is 54.6 Å². The van der Waals surface area contributed by atoms with Crippen LogP contribution in [0, 0.1) is 20.8 Å². The lowest BCUT2D eigenvalue weighted by atomic mass is 9.95. The summed E-state index contributed by atoms with van der Waals surface area (Å²) in [5.74, 6) is -0.367. The van der Waals surface area contributed by atoms with Crippen molar-refractivity contribution < 1.29 is 13.2 Å². The van der Waals surface area contributed by atoms with Gasteiger partial charge in [-0.25, -0.2) is 8.42 Å². The summed E-state index contributed by atoms with van der Waals surface area (Å²) in [6.07, 6.45) is 4.58. The van der Waals surface area contributed by atoms with E-state index in [0.29, 0.717) is 26.7 Å². The molecule has 0 radical (unpaired) electrons. The quantitative estimate of drug-likeness (QED) is 0.658. The molecule has 0 spiro atoms. The Labute approximate surface area is 184 Å². The van der Waals surface area contributed by atoms with Gasteiger partial charge >= 0.3 is 0 Å². The van der Waals surface area contributed by atoms with Gasteiger partial charge in [0.05, 0.1) is 11.4 Å². The van der Waals surface area contributed by atoms with Crippen molar-refractivity contribution in [1.29, 1.82) is 0 Å². The first-order chi connectivity index (χ1) is 14.2. The monoisotopic (exact) mass is 448 g/mol. The molecule has 5 nitrogen and oxygen atoms in total. The summed E-state index contributed by atoms with van der Waals surface area (Å²) in [5.41, 5.74) is 3.00. The molecule has 7 heteroatoms. The molecule has 1 saturated carbocycles. The van der Waals surface area contributed by atoms with Crippen molar-refractivity contribution in [1.82, 2.24) is 4.31 Å². The molecule has 1 fully saturated rings. The van der Waals surface area contributed by atoms with Gasteiger partial charge in [-0.05, 0) is 62.9 Å². The fraction of sp³-hybridized carbons (Fsp3) is 0.435. The smallest absolute Gasteiger partial charge is 0.244 e. The van der Waals surface area contributed by atoms with E-state index in [0.717, 1.165) is 37.7 Å². The maximum atomic E-state index is 13.8. The molecule has 0 atom stereocenters. The van der Waals surface area contributed by atoms with E-state index in [1.54, 1.807) is 24.3 Å². The molecule has 0 aliphatic heterocycles. The topological polar surface area (TPSA) is 66.5 Å². The van der Waals surface area contributed by atoms with Gasteiger partial charge in [0.1, 0.15) is 0 Å². The predicted octanol–water partition coefficient (Wildman–Crippen LogP) is 5.23. The number of hydrogen-bond donors (Lipinski definition) is 1. The Morgan fingerprint density at radius 1 is 1.07 bits per heavy atom. The number of carbonyl (C=O) groups is 1. The Morgan fingerprint density at radius 3 is 2.30 bits per heavy atom. The van der Waals surface area contributed by atoms with Gasteiger partial charge in [0.25, 0.3) is 0 Å². The van der Waals surface area contributed by atoms with Gasteiger partial charge in [-0.2, -0.15) is 4.31 Å². The third kappa shape index (κ3) is 5.23. The number of carbonyl (C=O) groups excluding carboxylic acids is 1. The van der Waals surface area contributed by atoms with Gasteiger partial charge in [0.2, 0.25) is 15.9 Å². The van der Waals surface area contributed by atoms with Crippen LogP contribution in [0.3, 0.4) is 0 Å². The SMILES string of the molecule is Cc1cc(C)c(S(=O)(=O)N(CC(=O)Nc2cccc(Cl)c2)C2CCCCC2)c(C)c1. The van der Waals surface area contributed by atoms with E-state index in [1.165, 1.54) is 4.31 Å². The van der Waals surface area contributed by atoms with Crippen molar-refractivity contribution in [3.63, 3.8) is 0 Å². The third-order valence-corrected chi connectivity index (χ3v) is 8.00. The van der Waals surface area contributed by atoms with E-state index in [9.17, 15) is 13.2 Å². The van der Waals surface area contributed by atoms with Crippen LogP contribution in [0.5, 0.6) is 0 Å². The van der Waals surface area contributed by atoms with Crippen molar-refractivity contribution >= 4 is 33.2 Å². The minimum absolute atomic E-state index is 0.172. The number of amides is 1. The second kappa shape index (κ2) is 9.50. The van der Waals surface area contributed by atoms with E-state index in [2.05, 4.69) is 5.32 Å². The fourth-order valence-electron chi connectivity index (χ4n) is 4.38. The summed E-state index contributed by atoms with van der Waals surface area (Å²) in [4.78, 5) is 13.1. The van der Waals surface area contributed by atoms with Gasteiger partial charge in [0, 0.05) is 16.8 Å². The summed E-state index contributed by atoms with van der Waals surface area (Å²) in [7, 11) is -3.83. The molecule has 162 valence electrons. The highest BCUT2D eigenvalue weighted by atomic mass is 35.5. The lowest BCUT2D eigenvalue weighted by Crippen LogP contribution is -2.46. The number of benzene rings is 2. The number of anilines is 1. The highest BCUT2D eigenvalue weighted by Crippen LogP contribution is 2.31. The average molecular weight is 449 g/mol. The minimum Gasteiger partial charge on any atom is -0.325 e. The summed E-state index contributed by atoms with van der Waals surface area (Å²) >= 11 is 6.00. The van der Waals surface area contributed by atoms with Crippen LogP contribution >= 0.6 is 11.6 Å². The van der Waals surface area contributed by atoms with Crippen LogP contribution in [0.25, 0.3) is 0 Å². The molecular formula is C23H29ClN2O3S. The van der Waals surface area contributed by atoms with Gasteiger partial charge in [-0.15, -0.1) is 0 Å². The first-order valence-corrected chi connectivity index (χ1v) is 12.2. The zero-order valence-corrected chi connectivity index (χ0v) is 19.3. The number of sulfonamides is 1. The first-order valence-electron chi connectivity index (χ1n) is 10.3. The van der Waals surface area contributed by atoms with Crippen molar-refractivity contribution in [3.05, 3.63) is 58.1 Å². The second-order valence-corrected chi connectivity index (χ2v) is 10.4. The minimum atomic E-state index is -3.83. The highest BCUT2D eigenvalue weighted by molar-refractivity contribution is 7.89. The number of halogens is 1. The van der Waals surface area contributed by atoms with E-state index < -0.39 is 10.0 Å². The Kier molecular flexibility index (Phi) is 7.22. The highest BCUT2D eigenvalue weighted by Gasteiger charge is 2.35. The second-order valence-electron chi connectivity index (χ2n) is 8.13. The third-order valence-electron chi connectivity index (χ3n) is 5.56. The molecule has 1 aliphatic carbocycles. The van der Waals surface area contributed by atoms with Crippen LogP contribution in [-0.4, -0.2) is 31.2 Å². The van der Waals surface area contributed by atoms with E-state index in [1.807, 2.05) is 32.9 Å². The van der Waals surface area contributed by atoms with Crippen molar-refractivity contribution in [2.24, 2.45) is 0 Å². The predicted molar refractivity (Wildman–Crippen MR) is 121 cm³/mol. The molecule has 2 aromatic carbocycles. The van der Waals surface area contributed by atoms with E-state index >= 15 is 0 Å². The summed E-state index contributed by atoms with van der Waals surface area (Å²) < 4.78 is 28.9. The Morgan fingerprint density at radius 2 is 1.70 bits per heavy atom. The molecule has 0 aromatic heterocycles. The molecule has 2 aromatic rings. The lowest BCUT2D eigenvalue weighted by molar-refractivity contribution is -0.116. The fourth-order valence-corrected chi connectivity index (χ4v) is 6.63. The van der Waals surface area contributed by atoms with Gasteiger partial charge in [0.15, 0.2) is 0 Å². The molecule has 3 rings (SSSR count). The van der Waals surface area contributed by atoms with Gasteiger partial charge < -0.3 is 5.32 Å². The summed E-state index contributed by atoms with van der Waals surface area (Å²) in [5, 5.41) is 3.29. The Balaban J connectivity index is 1.93. The van der Waals surface area contributed by atoms with Crippen molar-refractivity contribution in [2.75, 3.05) is 11.9 Å². The van der Waals surface area contributed by atoms with Crippen molar-refractivity contribution in [3.8, 4) is 0 Å². The van der Waals surface area contributed by atoms with Crippen LogP contribution in [0.15, 0.2) is 41.3 Å². The van der Waals surface area contributed by atoms with Crippen LogP contribution < -0.4 is 5.32 Å². The molecule has 1 amide bonds. The molecule has 1 N–H and O–H groups in total. The number of aryl methyl sites for hydroxylation is 3.